The Morgan fingerprint density at radius 2 is 1.76 bits per heavy atom. The number of hydrogen-bond donors (Lipinski definition) is 1. The van der Waals surface area contributed by atoms with Crippen LogP contribution in [0.15, 0.2) is 42.5 Å². The van der Waals surface area contributed by atoms with Crippen molar-refractivity contribution in [1.82, 2.24) is 0 Å². The Labute approximate surface area is 125 Å². The Kier molecular flexibility index (Phi) is 3.65. The van der Waals surface area contributed by atoms with E-state index in [1.165, 1.54) is 0 Å². The number of amides is 1. The van der Waals surface area contributed by atoms with Gasteiger partial charge >= 0.3 is 0 Å². The molecule has 2 aromatic carbocycles. The van der Waals surface area contributed by atoms with E-state index in [4.69, 9.17) is 0 Å². The summed E-state index contributed by atoms with van der Waals surface area (Å²) in [7, 11) is 0. The summed E-state index contributed by atoms with van der Waals surface area (Å²) in [4.78, 5) is 15.0. The first-order valence-corrected chi connectivity index (χ1v) is 7.39. The SMILES string of the molecule is Cc1cccc(C)c1C(=O)N1CCCNc2ccccc21. The highest BCUT2D eigenvalue weighted by atomic mass is 16.2. The maximum Gasteiger partial charge on any atom is 0.258 e. The zero-order valence-corrected chi connectivity index (χ0v) is 12.5. The Bertz CT molecular complexity index is 658. The highest BCUT2D eigenvalue weighted by Crippen LogP contribution is 2.30. The van der Waals surface area contributed by atoms with Gasteiger partial charge in [-0.25, -0.2) is 0 Å². The molecule has 0 atom stereocenters. The number of nitrogens with one attached hydrogen (secondary N) is 1. The number of anilines is 2. The highest BCUT2D eigenvalue weighted by molar-refractivity contribution is 6.09. The van der Waals surface area contributed by atoms with Crippen LogP contribution in [0.5, 0.6) is 0 Å². The van der Waals surface area contributed by atoms with Gasteiger partial charge in [0, 0.05) is 18.7 Å². The topological polar surface area (TPSA) is 32.3 Å². The molecule has 0 spiro atoms. The third-order valence-electron chi connectivity index (χ3n) is 4.01. The second kappa shape index (κ2) is 5.60. The minimum atomic E-state index is 0.0988. The van der Waals surface area contributed by atoms with Crippen molar-refractivity contribution in [3.8, 4) is 0 Å². The number of nitrogens with zero attached hydrogens (tertiary/aromatic N) is 1. The first-order chi connectivity index (χ1) is 10.2. The van der Waals surface area contributed by atoms with Crippen molar-refractivity contribution in [2.45, 2.75) is 20.3 Å². The highest BCUT2D eigenvalue weighted by Gasteiger charge is 2.24. The number of carbonyl (C=O) groups is 1. The van der Waals surface area contributed by atoms with E-state index in [-0.39, 0.29) is 5.91 Å². The van der Waals surface area contributed by atoms with Crippen LogP contribution >= 0.6 is 0 Å². The lowest BCUT2D eigenvalue weighted by Crippen LogP contribution is -2.32. The average Bonchev–Trinajstić information content (AvgIpc) is 2.69. The zero-order valence-electron chi connectivity index (χ0n) is 12.5. The molecular formula is C18H20N2O. The summed E-state index contributed by atoms with van der Waals surface area (Å²) in [6, 6.07) is 14.0. The fourth-order valence-corrected chi connectivity index (χ4v) is 2.94. The average molecular weight is 280 g/mol. The number of benzene rings is 2. The van der Waals surface area contributed by atoms with E-state index in [1.807, 2.05) is 61.2 Å². The van der Waals surface area contributed by atoms with E-state index in [1.54, 1.807) is 0 Å². The Balaban J connectivity index is 2.06. The molecule has 0 aliphatic carbocycles. The van der Waals surface area contributed by atoms with Crippen molar-refractivity contribution >= 4 is 17.3 Å². The molecular weight excluding hydrogens is 260 g/mol. The standard InChI is InChI=1S/C18H20N2O/c1-13-7-5-8-14(2)17(13)18(21)20-12-6-11-19-15-9-3-4-10-16(15)20/h3-5,7-10,19H,6,11-12H2,1-2H3. The molecule has 21 heavy (non-hydrogen) atoms. The molecule has 3 rings (SSSR count). The van der Waals surface area contributed by atoms with Crippen LogP contribution in [-0.2, 0) is 0 Å². The summed E-state index contributed by atoms with van der Waals surface area (Å²) in [6.45, 7) is 5.65. The number of fused-ring (bicyclic) bond motifs is 1. The Hall–Kier alpha value is -2.29. The van der Waals surface area contributed by atoms with Crippen LogP contribution in [0.25, 0.3) is 0 Å². The first kappa shape index (κ1) is 13.7. The van der Waals surface area contributed by atoms with Crippen molar-refractivity contribution in [1.29, 1.82) is 0 Å². The molecule has 0 unspecified atom stereocenters. The van der Waals surface area contributed by atoms with E-state index < -0.39 is 0 Å². The molecule has 0 fully saturated rings. The van der Waals surface area contributed by atoms with Crippen LogP contribution in [0.2, 0.25) is 0 Å². The fraction of sp³-hybridized carbons (Fsp3) is 0.278. The van der Waals surface area contributed by atoms with Gasteiger partial charge in [0.2, 0.25) is 0 Å². The molecule has 3 nitrogen and oxygen atoms in total. The summed E-state index contributed by atoms with van der Waals surface area (Å²) in [6.07, 6.45) is 0.950. The van der Waals surface area contributed by atoms with E-state index in [2.05, 4.69) is 5.32 Å². The second-order valence-corrected chi connectivity index (χ2v) is 5.52. The van der Waals surface area contributed by atoms with E-state index in [0.29, 0.717) is 0 Å². The first-order valence-electron chi connectivity index (χ1n) is 7.39. The van der Waals surface area contributed by atoms with Crippen LogP contribution in [-0.4, -0.2) is 19.0 Å². The van der Waals surface area contributed by atoms with E-state index in [9.17, 15) is 4.79 Å². The number of carbonyl (C=O) groups excluding carboxylic acids is 1. The molecule has 108 valence electrons. The van der Waals surface area contributed by atoms with Gasteiger partial charge in [-0.2, -0.15) is 0 Å². The smallest absolute Gasteiger partial charge is 0.258 e. The minimum absolute atomic E-state index is 0.0988. The van der Waals surface area contributed by atoms with Gasteiger partial charge in [0.15, 0.2) is 0 Å². The minimum Gasteiger partial charge on any atom is -0.383 e. The predicted molar refractivity (Wildman–Crippen MR) is 87.1 cm³/mol. The zero-order chi connectivity index (χ0) is 14.8. The van der Waals surface area contributed by atoms with Gasteiger partial charge in [0.25, 0.3) is 5.91 Å². The second-order valence-electron chi connectivity index (χ2n) is 5.52. The summed E-state index contributed by atoms with van der Waals surface area (Å²) in [5.74, 6) is 0.0988. The Morgan fingerprint density at radius 1 is 1.05 bits per heavy atom. The lowest BCUT2D eigenvalue weighted by atomic mass is 10.0. The van der Waals surface area contributed by atoms with Gasteiger partial charge in [-0.05, 0) is 43.5 Å². The van der Waals surface area contributed by atoms with Crippen molar-refractivity contribution < 1.29 is 4.79 Å². The molecule has 1 aliphatic heterocycles. The maximum absolute atomic E-state index is 13.1. The lowest BCUT2D eigenvalue weighted by Gasteiger charge is -2.24. The van der Waals surface area contributed by atoms with Gasteiger partial charge in [-0.15, -0.1) is 0 Å². The van der Waals surface area contributed by atoms with Gasteiger partial charge in [0.1, 0.15) is 0 Å². The molecule has 1 amide bonds. The number of rotatable bonds is 1. The number of aryl methyl sites for hydroxylation is 2. The molecule has 0 saturated carbocycles. The molecule has 1 heterocycles. The fourth-order valence-electron chi connectivity index (χ4n) is 2.94. The Morgan fingerprint density at radius 3 is 2.52 bits per heavy atom. The number of hydrogen-bond acceptors (Lipinski definition) is 2. The van der Waals surface area contributed by atoms with Crippen molar-refractivity contribution in [2.24, 2.45) is 0 Å². The molecule has 1 N–H and O–H groups in total. The van der Waals surface area contributed by atoms with E-state index >= 15 is 0 Å². The van der Waals surface area contributed by atoms with Gasteiger partial charge in [-0.3, -0.25) is 4.79 Å². The predicted octanol–water partition coefficient (Wildman–Crippen LogP) is 3.77. The molecule has 3 heteroatoms. The third-order valence-corrected chi connectivity index (χ3v) is 4.01. The third kappa shape index (κ3) is 2.51. The summed E-state index contributed by atoms with van der Waals surface area (Å²) >= 11 is 0. The molecule has 0 radical (unpaired) electrons. The van der Waals surface area contributed by atoms with Crippen molar-refractivity contribution in [2.75, 3.05) is 23.3 Å². The maximum atomic E-state index is 13.1. The van der Waals surface area contributed by atoms with Gasteiger partial charge < -0.3 is 10.2 Å². The lowest BCUT2D eigenvalue weighted by molar-refractivity contribution is 0.0986. The molecule has 1 aliphatic rings. The van der Waals surface area contributed by atoms with Crippen LogP contribution < -0.4 is 10.2 Å². The molecule has 2 aromatic rings. The molecule has 0 saturated heterocycles. The van der Waals surface area contributed by atoms with Gasteiger partial charge in [0.05, 0.1) is 11.4 Å². The summed E-state index contributed by atoms with van der Waals surface area (Å²) < 4.78 is 0. The summed E-state index contributed by atoms with van der Waals surface area (Å²) in [5, 5.41) is 3.40. The van der Waals surface area contributed by atoms with Crippen LogP contribution in [0, 0.1) is 13.8 Å². The largest absolute Gasteiger partial charge is 0.383 e. The summed E-state index contributed by atoms with van der Waals surface area (Å²) in [5.41, 5.74) is 4.91. The molecule has 0 aromatic heterocycles. The number of para-hydroxylation sites is 2. The monoisotopic (exact) mass is 280 g/mol. The van der Waals surface area contributed by atoms with E-state index in [0.717, 1.165) is 47.6 Å². The van der Waals surface area contributed by atoms with Crippen molar-refractivity contribution in [3.05, 3.63) is 59.2 Å². The normalized spacial score (nSPS) is 14.1. The quantitative estimate of drug-likeness (QED) is 0.862. The van der Waals surface area contributed by atoms with Crippen molar-refractivity contribution in [3.63, 3.8) is 0 Å². The van der Waals surface area contributed by atoms with Gasteiger partial charge in [-0.1, -0.05) is 30.3 Å². The van der Waals surface area contributed by atoms with Crippen LogP contribution in [0.4, 0.5) is 11.4 Å². The molecule has 0 bridgehead atoms. The van der Waals surface area contributed by atoms with Crippen LogP contribution in [0.3, 0.4) is 0 Å². The van der Waals surface area contributed by atoms with Crippen LogP contribution in [0.1, 0.15) is 27.9 Å².